The first kappa shape index (κ1) is 21.6. The number of halogens is 2. The van der Waals surface area contributed by atoms with Crippen LogP contribution >= 0.6 is 23.4 Å². The first-order chi connectivity index (χ1) is 16.1. The Balaban J connectivity index is 1.33. The molecule has 1 atom stereocenters. The van der Waals surface area contributed by atoms with Crippen LogP contribution in [0.5, 0.6) is 5.75 Å². The largest absolute Gasteiger partial charge is 0.489 e. The Hall–Kier alpha value is -3.29. The molecule has 7 nitrogen and oxygen atoms in total. The number of fused-ring (bicyclic) bond motifs is 1. The fraction of sp³-hybridized carbons (Fsp3) is 0.208. The summed E-state index contributed by atoms with van der Waals surface area (Å²) in [4.78, 5) is 6.50. The van der Waals surface area contributed by atoms with Crippen molar-refractivity contribution in [3.63, 3.8) is 0 Å². The second-order valence-electron chi connectivity index (χ2n) is 7.89. The van der Waals surface area contributed by atoms with E-state index in [2.05, 4.69) is 14.7 Å². The molecule has 168 valence electrons. The van der Waals surface area contributed by atoms with Gasteiger partial charge in [0.15, 0.2) is 0 Å². The predicted octanol–water partition coefficient (Wildman–Crippen LogP) is 5.73. The van der Waals surface area contributed by atoms with E-state index in [1.807, 2.05) is 65.6 Å². The first-order valence-corrected chi connectivity index (χ1v) is 11.3. The van der Waals surface area contributed by atoms with E-state index in [0.717, 1.165) is 47.0 Å². The molecular weight excluding hydrogens is 461 g/mol. The molecule has 0 unspecified atom stereocenters. The second-order valence-corrected chi connectivity index (χ2v) is 8.50. The Labute approximate surface area is 200 Å². The topological polar surface area (TPSA) is 89.8 Å². The minimum Gasteiger partial charge on any atom is -0.489 e. The third-order valence-electron chi connectivity index (χ3n) is 5.72. The molecule has 33 heavy (non-hydrogen) atoms. The van der Waals surface area contributed by atoms with Crippen LogP contribution in [0.15, 0.2) is 69.7 Å². The summed E-state index contributed by atoms with van der Waals surface area (Å²) in [5, 5.41) is 6.99. The molecule has 0 aliphatic carbocycles. The quantitative estimate of drug-likeness (QED) is 0.289. The van der Waals surface area contributed by atoms with E-state index >= 15 is 0 Å². The Morgan fingerprint density at radius 3 is 2.85 bits per heavy atom. The highest BCUT2D eigenvalue weighted by Gasteiger charge is 2.32. The van der Waals surface area contributed by atoms with Crippen LogP contribution in [0.4, 0.5) is 0 Å². The third kappa shape index (κ3) is 4.60. The molecule has 0 saturated carbocycles. The van der Waals surface area contributed by atoms with Crippen molar-refractivity contribution in [3.05, 3.63) is 77.1 Å². The van der Waals surface area contributed by atoms with Gasteiger partial charge in [0.1, 0.15) is 18.4 Å². The summed E-state index contributed by atoms with van der Waals surface area (Å²) >= 11 is 11.6. The molecule has 0 radical (unpaired) electrons. The van der Waals surface area contributed by atoms with E-state index < -0.39 is 0 Å². The predicted molar refractivity (Wildman–Crippen MR) is 129 cm³/mol. The smallest absolute Gasteiger partial charge is 0.249 e. The molecule has 0 bridgehead atoms. The molecule has 9 heteroatoms. The maximum absolute atomic E-state index is 6.05. The zero-order valence-corrected chi connectivity index (χ0v) is 19.1. The van der Waals surface area contributed by atoms with Gasteiger partial charge in [-0.3, -0.25) is 0 Å². The summed E-state index contributed by atoms with van der Waals surface area (Å²) in [6, 6.07) is 19.5. The van der Waals surface area contributed by atoms with Gasteiger partial charge in [0, 0.05) is 28.9 Å². The van der Waals surface area contributed by atoms with Gasteiger partial charge < -0.3 is 19.9 Å². The van der Waals surface area contributed by atoms with Gasteiger partial charge in [-0.2, -0.15) is 4.98 Å². The molecular formula is C24H21Cl2N5O2. The van der Waals surface area contributed by atoms with Crippen molar-refractivity contribution < 1.29 is 9.26 Å². The highest BCUT2D eigenvalue weighted by Crippen LogP contribution is 2.32. The Morgan fingerprint density at radius 1 is 1.15 bits per heavy atom. The van der Waals surface area contributed by atoms with Gasteiger partial charge in [0.05, 0.1) is 0 Å². The van der Waals surface area contributed by atoms with Gasteiger partial charge in [-0.15, -0.1) is 4.51 Å². The Morgan fingerprint density at radius 2 is 2.00 bits per heavy atom. The van der Waals surface area contributed by atoms with E-state index in [0.29, 0.717) is 23.3 Å². The van der Waals surface area contributed by atoms with E-state index in [1.54, 1.807) is 0 Å². The Bertz CT molecular complexity index is 1320. The minimum absolute atomic E-state index is 0.117. The van der Waals surface area contributed by atoms with E-state index in [9.17, 15) is 0 Å². The van der Waals surface area contributed by atoms with Crippen molar-refractivity contribution in [1.82, 2.24) is 15.0 Å². The van der Waals surface area contributed by atoms with E-state index in [-0.39, 0.29) is 12.0 Å². The molecule has 3 aromatic carbocycles. The highest BCUT2D eigenvalue weighted by molar-refractivity contribution is 6.30. The second kappa shape index (κ2) is 9.29. The Kier molecular flexibility index (Phi) is 6.07. The molecule has 1 aliphatic heterocycles. The van der Waals surface area contributed by atoms with Crippen LogP contribution in [0.25, 0.3) is 22.2 Å². The number of rotatable bonds is 5. The van der Waals surface area contributed by atoms with Crippen molar-refractivity contribution in [2.45, 2.75) is 25.5 Å². The summed E-state index contributed by atoms with van der Waals surface area (Å²) in [6.45, 7) is 1.20. The van der Waals surface area contributed by atoms with Gasteiger partial charge in [-0.1, -0.05) is 47.1 Å². The minimum atomic E-state index is -0.117. The molecule has 5 rings (SSSR count). The summed E-state index contributed by atoms with van der Waals surface area (Å²) in [6.07, 6.45) is 1.80. The molecule has 0 spiro atoms. The van der Waals surface area contributed by atoms with Crippen LogP contribution in [0.1, 0.15) is 30.3 Å². The average Bonchev–Trinajstić information content (AvgIpc) is 3.52. The number of hydrogen-bond donors (Lipinski definition) is 1. The molecule has 0 amide bonds. The lowest BCUT2D eigenvalue weighted by Crippen LogP contribution is -2.36. The highest BCUT2D eigenvalue weighted by atomic mass is 35.5. The number of benzene rings is 3. The van der Waals surface area contributed by atoms with Gasteiger partial charge >= 0.3 is 0 Å². The maximum Gasteiger partial charge on any atom is 0.249 e. The zero-order chi connectivity index (χ0) is 22.8. The summed E-state index contributed by atoms with van der Waals surface area (Å²) in [7, 11) is 0. The lowest BCUT2D eigenvalue weighted by molar-refractivity contribution is 0.284. The third-order valence-corrected chi connectivity index (χ3v) is 6.13. The van der Waals surface area contributed by atoms with Crippen LogP contribution < -0.4 is 10.5 Å². The monoisotopic (exact) mass is 481 g/mol. The van der Waals surface area contributed by atoms with Crippen LogP contribution in [0, 0.1) is 0 Å². The number of ether oxygens (including phenoxy) is 1. The van der Waals surface area contributed by atoms with Crippen molar-refractivity contribution >= 4 is 40.1 Å². The van der Waals surface area contributed by atoms with Crippen molar-refractivity contribution in [3.8, 4) is 17.1 Å². The van der Waals surface area contributed by atoms with E-state index in [1.165, 1.54) is 0 Å². The lowest BCUT2D eigenvalue weighted by Gasteiger charge is -2.21. The summed E-state index contributed by atoms with van der Waals surface area (Å²) in [5.74, 6) is 2.09. The van der Waals surface area contributed by atoms with Gasteiger partial charge in [0.25, 0.3) is 0 Å². The van der Waals surface area contributed by atoms with Crippen molar-refractivity contribution in [1.29, 1.82) is 0 Å². The molecule has 2 heterocycles. The number of likely N-dealkylation sites (tertiary alicyclic amines) is 1. The average molecular weight is 482 g/mol. The molecule has 1 saturated heterocycles. The molecule has 1 aromatic heterocycles. The van der Waals surface area contributed by atoms with Gasteiger partial charge in [-0.25, -0.2) is 0 Å². The maximum atomic E-state index is 6.05. The standard InChI is InChI=1S/C24H21Cl2N5O2/c25-19-4-1-3-15(11-19)14-32-20-9-8-16-12-18(7-6-17(16)13-20)22-28-23(33-30-22)21-5-2-10-31(21)24(27)29-26/h1,3-4,6-9,11-13,21H,2,5,10,14H2,(H2,27,29)/t21-/m0/s1. The molecule has 1 fully saturated rings. The van der Waals surface area contributed by atoms with Crippen molar-refractivity contribution in [2.75, 3.05) is 6.54 Å². The van der Waals surface area contributed by atoms with Crippen molar-refractivity contribution in [2.24, 2.45) is 10.2 Å². The van der Waals surface area contributed by atoms with Crippen LogP contribution in [0.3, 0.4) is 0 Å². The number of hydrogen-bond acceptors (Lipinski definition) is 5. The molecule has 1 aliphatic rings. The lowest BCUT2D eigenvalue weighted by atomic mass is 10.1. The fourth-order valence-electron chi connectivity index (χ4n) is 4.08. The fourth-order valence-corrected chi connectivity index (χ4v) is 4.39. The van der Waals surface area contributed by atoms with Gasteiger partial charge in [0.2, 0.25) is 17.7 Å². The molecule has 2 N–H and O–H groups in total. The first-order valence-electron chi connectivity index (χ1n) is 10.6. The number of nitrogens with zero attached hydrogens (tertiary/aromatic N) is 4. The van der Waals surface area contributed by atoms with E-state index in [4.69, 9.17) is 38.4 Å². The zero-order valence-electron chi connectivity index (χ0n) is 17.6. The molecule has 4 aromatic rings. The van der Waals surface area contributed by atoms with Crippen LogP contribution in [0.2, 0.25) is 5.02 Å². The number of guanidine groups is 1. The van der Waals surface area contributed by atoms with Gasteiger partial charge in [-0.05, 0) is 59.5 Å². The summed E-state index contributed by atoms with van der Waals surface area (Å²) < 4.78 is 15.1. The number of aromatic nitrogens is 2. The normalized spacial score (nSPS) is 16.5. The van der Waals surface area contributed by atoms with Crippen LogP contribution in [-0.2, 0) is 6.61 Å². The SMILES string of the molecule is N/C(=N/Cl)N1CCC[C@H]1c1nc(-c2ccc3cc(OCc4cccc(Cl)c4)ccc3c2)no1. The van der Waals surface area contributed by atoms with Crippen LogP contribution in [-0.4, -0.2) is 27.5 Å². The summed E-state index contributed by atoms with van der Waals surface area (Å²) in [5.41, 5.74) is 7.79. The number of nitrogens with two attached hydrogens (primary N) is 1.